The maximum atomic E-state index is 12.7. The number of methoxy groups -OCH3 is 2. The molecule has 0 spiro atoms. The molecule has 4 rings (SSSR count). The van der Waals surface area contributed by atoms with Crippen LogP contribution in [-0.2, 0) is 23.5 Å². The molecule has 2 aromatic heterocycles. The van der Waals surface area contributed by atoms with Crippen LogP contribution in [0.4, 0.5) is 0 Å². The van der Waals surface area contributed by atoms with Gasteiger partial charge in [-0.2, -0.15) is 0 Å². The van der Waals surface area contributed by atoms with Crippen LogP contribution in [0, 0.1) is 6.92 Å². The number of nitrogens with zero attached hydrogens (tertiary/aromatic N) is 3. The summed E-state index contributed by atoms with van der Waals surface area (Å²) in [6.07, 6.45) is 1.74. The van der Waals surface area contributed by atoms with Crippen molar-refractivity contribution in [3.63, 3.8) is 0 Å². The van der Waals surface area contributed by atoms with Gasteiger partial charge in [0.25, 0.3) is 5.56 Å². The molecule has 8 nitrogen and oxygen atoms in total. The molecule has 1 aliphatic rings. The molecule has 1 aromatic carbocycles. The van der Waals surface area contributed by atoms with Crippen LogP contribution in [0.5, 0.6) is 5.75 Å². The maximum absolute atomic E-state index is 12.7. The standard InChI is InChI=1S/C23H28N4O4S/c1-15-19(24-22(31-15)16-7-4-5-8-20(16)30-3)14-32-23-25-18-9-11-27(10-6-12-29-2)13-17(18)21(28)26-23/h4-5,7-8H,6,9-14H2,1-3H3,(H,25,26,28). The summed E-state index contributed by atoms with van der Waals surface area (Å²) in [4.78, 5) is 27.3. The van der Waals surface area contributed by atoms with E-state index in [-0.39, 0.29) is 5.56 Å². The number of aromatic amines is 1. The minimum Gasteiger partial charge on any atom is -0.496 e. The van der Waals surface area contributed by atoms with Gasteiger partial charge in [-0.1, -0.05) is 23.9 Å². The Labute approximate surface area is 191 Å². The zero-order valence-corrected chi connectivity index (χ0v) is 19.5. The predicted molar refractivity (Wildman–Crippen MR) is 123 cm³/mol. The second-order valence-electron chi connectivity index (χ2n) is 7.68. The Hall–Kier alpha value is -2.62. The molecule has 0 bridgehead atoms. The molecular weight excluding hydrogens is 428 g/mol. The molecule has 3 heterocycles. The number of thioether (sulfide) groups is 1. The highest BCUT2D eigenvalue weighted by atomic mass is 32.2. The normalized spacial score (nSPS) is 13.8. The molecule has 0 amide bonds. The van der Waals surface area contributed by atoms with E-state index < -0.39 is 0 Å². The van der Waals surface area contributed by atoms with Gasteiger partial charge in [0.2, 0.25) is 5.89 Å². The molecule has 1 aliphatic heterocycles. The molecule has 170 valence electrons. The van der Waals surface area contributed by atoms with Gasteiger partial charge >= 0.3 is 0 Å². The van der Waals surface area contributed by atoms with E-state index in [1.165, 1.54) is 11.8 Å². The van der Waals surface area contributed by atoms with Gasteiger partial charge in [-0.3, -0.25) is 9.69 Å². The molecule has 32 heavy (non-hydrogen) atoms. The number of oxazole rings is 1. The van der Waals surface area contributed by atoms with E-state index in [2.05, 4.69) is 14.9 Å². The number of fused-ring (bicyclic) bond motifs is 1. The summed E-state index contributed by atoms with van der Waals surface area (Å²) in [6.45, 7) is 5.08. The second kappa shape index (κ2) is 10.3. The van der Waals surface area contributed by atoms with Gasteiger partial charge in [0.15, 0.2) is 5.16 Å². The highest BCUT2D eigenvalue weighted by molar-refractivity contribution is 7.98. The van der Waals surface area contributed by atoms with Crippen LogP contribution >= 0.6 is 11.8 Å². The van der Waals surface area contributed by atoms with Gasteiger partial charge in [0.05, 0.1) is 29.6 Å². The van der Waals surface area contributed by atoms with Crippen molar-refractivity contribution in [3.8, 4) is 17.2 Å². The molecule has 0 saturated carbocycles. The van der Waals surface area contributed by atoms with E-state index in [1.54, 1.807) is 14.2 Å². The first-order valence-electron chi connectivity index (χ1n) is 10.6. The van der Waals surface area contributed by atoms with Crippen molar-refractivity contribution in [1.82, 2.24) is 19.9 Å². The molecule has 0 radical (unpaired) electrons. The summed E-state index contributed by atoms with van der Waals surface area (Å²) in [5.74, 6) is 2.53. The number of aryl methyl sites for hydroxylation is 1. The first-order valence-corrected chi connectivity index (χ1v) is 11.6. The molecule has 3 aromatic rings. The van der Waals surface area contributed by atoms with Gasteiger partial charge in [0, 0.05) is 45.5 Å². The molecule has 0 fully saturated rings. The van der Waals surface area contributed by atoms with Crippen molar-refractivity contribution in [2.24, 2.45) is 0 Å². The summed E-state index contributed by atoms with van der Waals surface area (Å²) in [7, 11) is 3.33. The topological polar surface area (TPSA) is 93.5 Å². The summed E-state index contributed by atoms with van der Waals surface area (Å²) < 4.78 is 16.4. The molecule has 1 N–H and O–H groups in total. The SMILES string of the molecule is COCCCN1CCc2nc(SCc3nc(-c4ccccc4OC)oc3C)[nH]c(=O)c2C1. The van der Waals surface area contributed by atoms with Gasteiger partial charge in [-0.15, -0.1) is 0 Å². The van der Waals surface area contributed by atoms with Crippen LogP contribution in [0.15, 0.2) is 38.6 Å². The fraction of sp³-hybridized carbons (Fsp3) is 0.435. The molecular formula is C23H28N4O4S. The Morgan fingerprint density at radius 1 is 1.25 bits per heavy atom. The zero-order chi connectivity index (χ0) is 22.5. The Balaban J connectivity index is 1.45. The smallest absolute Gasteiger partial charge is 0.256 e. The quantitative estimate of drug-likeness (QED) is 0.297. The number of hydrogen-bond donors (Lipinski definition) is 1. The number of rotatable bonds is 9. The van der Waals surface area contributed by atoms with Crippen LogP contribution in [0.2, 0.25) is 0 Å². The number of para-hydroxylation sites is 1. The van der Waals surface area contributed by atoms with Crippen LogP contribution in [0.25, 0.3) is 11.5 Å². The minimum absolute atomic E-state index is 0.0551. The van der Waals surface area contributed by atoms with Gasteiger partial charge < -0.3 is 18.9 Å². The lowest BCUT2D eigenvalue weighted by Gasteiger charge is -2.27. The first kappa shape index (κ1) is 22.6. The third kappa shape index (κ3) is 5.06. The zero-order valence-electron chi connectivity index (χ0n) is 18.6. The van der Waals surface area contributed by atoms with E-state index >= 15 is 0 Å². The molecule has 0 aliphatic carbocycles. The third-order valence-corrected chi connectivity index (χ3v) is 6.41. The molecule has 9 heteroatoms. The van der Waals surface area contributed by atoms with Crippen molar-refractivity contribution in [2.75, 3.05) is 33.9 Å². The third-order valence-electron chi connectivity index (χ3n) is 5.52. The lowest BCUT2D eigenvalue weighted by atomic mass is 10.1. The van der Waals surface area contributed by atoms with E-state index in [4.69, 9.17) is 18.9 Å². The van der Waals surface area contributed by atoms with Crippen molar-refractivity contribution >= 4 is 11.8 Å². The average Bonchev–Trinajstić information content (AvgIpc) is 3.18. The van der Waals surface area contributed by atoms with Crippen molar-refractivity contribution in [1.29, 1.82) is 0 Å². The molecule has 0 unspecified atom stereocenters. The number of nitrogens with one attached hydrogen (secondary N) is 1. The Kier molecular flexibility index (Phi) is 7.29. The molecule has 0 atom stereocenters. The summed E-state index contributed by atoms with van der Waals surface area (Å²) in [6, 6.07) is 7.63. The number of ether oxygens (including phenoxy) is 2. The monoisotopic (exact) mass is 456 g/mol. The Morgan fingerprint density at radius 3 is 2.91 bits per heavy atom. The van der Waals surface area contributed by atoms with E-state index in [0.29, 0.717) is 29.1 Å². The minimum atomic E-state index is -0.0551. The highest BCUT2D eigenvalue weighted by Gasteiger charge is 2.21. The number of benzene rings is 1. The lowest BCUT2D eigenvalue weighted by molar-refractivity contribution is 0.166. The van der Waals surface area contributed by atoms with Crippen LogP contribution < -0.4 is 10.3 Å². The Bertz CT molecular complexity index is 1130. The van der Waals surface area contributed by atoms with Gasteiger partial charge in [-0.05, 0) is 25.5 Å². The van der Waals surface area contributed by atoms with Gasteiger partial charge in [0.1, 0.15) is 11.5 Å². The maximum Gasteiger partial charge on any atom is 0.256 e. The molecule has 0 saturated heterocycles. The second-order valence-corrected chi connectivity index (χ2v) is 8.64. The fourth-order valence-corrected chi connectivity index (χ4v) is 4.67. The van der Waals surface area contributed by atoms with E-state index in [0.717, 1.165) is 60.8 Å². The van der Waals surface area contributed by atoms with Crippen molar-refractivity contribution in [3.05, 3.63) is 57.3 Å². The number of hydrogen-bond acceptors (Lipinski definition) is 8. The number of aromatic nitrogens is 3. The fourth-order valence-electron chi connectivity index (χ4n) is 3.79. The van der Waals surface area contributed by atoms with Crippen LogP contribution in [0.3, 0.4) is 0 Å². The first-order chi connectivity index (χ1) is 15.6. The summed E-state index contributed by atoms with van der Waals surface area (Å²) in [5.41, 5.74) is 3.24. The van der Waals surface area contributed by atoms with Crippen LogP contribution in [-0.4, -0.2) is 53.8 Å². The highest BCUT2D eigenvalue weighted by Crippen LogP contribution is 2.31. The number of H-pyrrole nitrogens is 1. The van der Waals surface area contributed by atoms with Crippen molar-refractivity contribution < 1.29 is 13.9 Å². The summed E-state index contributed by atoms with van der Waals surface area (Å²) in [5, 5.41) is 0.614. The average molecular weight is 457 g/mol. The Morgan fingerprint density at radius 2 is 2.09 bits per heavy atom. The van der Waals surface area contributed by atoms with E-state index in [1.807, 2.05) is 31.2 Å². The predicted octanol–water partition coefficient (Wildman–Crippen LogP) is 3.43. The largest absolute Gasteiger partial charge is 0.496 e. The van der Waals surface area contributed by atoms with Crippen molar-refractivity contribution in [2.45, 2.75) is 37.2 Å². The lowest BCUT2D eigenvalue weighted by Crippen LogP contribution is -2.36. The van der Waals surface area contributed by atoms with E-state index in [9.17, 15) is 4.79 Å². The summed E-state index contributed by atoms with van der Waals surface area (Å²) >= 11 is 1.46. The van der Waals surface area contributed by atoms with Crippen LogP contribution in [0.1, 0.15) is 29.1 Å². The van der Waals surface area contributed by atoms with Gasteiger partial charge in [-0.25, -0.2) is 9.97 Å².